The quantitative estimate of drug-likeness (QED) is 0.783. The zero-order valence-electron chi connectivity index (χ0n) is 10.5. The number of benzene rings is 1. The van der Waals surface area contributed by atoms with E-state index in [9.17, 15) is 22.8 Å². The smallest absolute Gasteiger partial charge is 0.380 e. The first kappa shape index (κ1) is 16.0. The Hall–Kier alpha value is -2.09. The standard InChI is InChI=1S/C12H13F3N2O3/c1-11(20,12(13,14)15)6-9(18)17-8-4-2-7(3-5-8)10(16)19/h2-5,20H,6H2,1H3,(H2,16,19)(H,17,18)/t11-/m0/s1. The van der Waals surface area contributed by atoms with E-state index in [1.54, 1.807) is 0 Å². The van der Waals surface area contributed by atoms with Crippen molar-refractivity contribution < 1.29 is 27.9 Å². The molecule has 0 aliphatic heterocycles. The first-order valence-electron chi connectivity index (χ1n) is 5.52. The molecule has 0 fully saturated rings. The Morgan fingerprint density at radius 2 is 1.75 bits per heavy atom. The van der Waals surface area contributed by atoms with Crippen LogP contribution in [0.5, 0.6) is 0 Å². The molecule has 0 unspecified atom stereocenters. The molecule has 0 aliphatic rings. The SMILES string of the molecule is C[C@](O)(CC(=O)Nc1ccc(C(N)=O)cc1)C(F)(F)F. The number of halogens is 3. The third kappa shape index (κ3) is 3.95. The number of hydrogen-bond donors (Lipinski definition) is 3. The number of carbonyl (C=O) groups is 2. The number of hydrogen-bond acceptors (Lipinski definition) is 3. The summed E-state index contributed by atoms with van der Waals surface area (Å²) in [6.07, 6.45) is -6.03. The van der Waals surface area contributed by atoms with Gasteiger partial charge < -0.3 is 16.2 Å². The lowest BCUT2D eigenvalue weighted by molar-refractivity contribution is -0.252. The van der Waals surface area contributed by atoms with Crippen molar-refractivity contribution in [1.82, 2.24) is 0 Å². The summed E-state index contributed by atoms with van der Waals surface area (Å²) in [5.74, 6) is -1.66. The second-order valence-electron chi connectivity index (χ2n) is 4.44. The van der Waals surface area contributed by atoms with Crippen molar-refractivity contribution in [3.63, 3.8) is 0 Å². The van der Waals surface area contributed by atoms with Crippen molar-refractivity contribution in [3.05, 3.63) is 29.8 Å². The minimum absolute atomic E-state index is 0.193. The number of primary amides is 1. The molecular formula is C12H13F3N2O3. The molecule has 1 aromatic carbocycles. The molecule has 5 nitrogen and oxygen atoms in total. The fourth-order valence-electron chi connectivity index (χ4n) is 1.34. The highest BCUT2D eigenvalue weighted by molar-refractivity contribution is 5.95. The van der Waals surface area contributed by atoms with Gasteiger partial charge >= 0.3 is 6.18 Å². The number of carbonyl (C=O) groups excluding carboxylic acids is 2. The molecule has 0 saturated heterocycles. The molecule has 0 heterocycles. The second-order valence-corrected chi connectivity index (χ2v) is 4.44. The number of rotatable bonds is 4. The minimum Gasteiger partial charge on any atom is -0.380 e. The van der Waals surface area contributed by atoms with Gasteiger partial charge in [0, 0.05) is 11.3 Å². The van der Waals surface area contributed by atoms with E-state index in [2.05, 4.69) is 5.32 Å². The van der Waals surface area contributed by atoms with E-state index >= 15 is 0 Å². The molecule has 0 aromatic heterocycles. The average Bonchev–Trinajstić information content (AvgIpc) is 2.27. The van der Waals surface area contributed by atoms with E-state index < -0.39 is 30.0 Å². The van der Waals surface area contributed by atoms with Crippen molar-refractivity contribution in [2.24, 2.45) is 5.73 Å². The molecule has 0 radical (unpaired) electrons. The van der Waals surface area contributed by atoms with Crippen LogP contribution in [-0.4, -0.2) is 28.7 Å². The highest BCUT2D eigenvalue weighted by Gasteiger charge is 2.50. The fourth-order valence-corrected chi connectivity index (χ4v) is 1.34. The van der Waals surface area contributed by atoms with Crippen LogP contribution in [-0.2, 0) is 4.79 Å². The van der Waals surface area contributed by atoms with E-state index in [1.807, 2.05) is 0 Å². The first-order valence-corrected chi connectivity index (χ1v) is 5.52. The summed E-state index contributed by atoms with van der Waals surface area (Å²) >= 11 is 0. The van der Waals surface area contributed by atoms with Gasteiger partial charge in [-0.15, -0.1) is 0 Å². The van der Waals surface area contributed by atoms with Crippen LogP contribution in [0.25, 0.3) is 0 Å². The molecule has 1 aromatic rings. The summed E-state index contributed by atoms with van der Waals surface area (Å²) in [7, 11) is 0. The predicted molar refractivity (Wildman–Crippen MR) is 64.9 cm³/mol. The normalized spacial score (nSPS) is 14.4. The number of nitrogens with two attached hydrogens (primary N) is 1. The molecule has 0 saturated carbocycles. The Morgan fingerprint density at radius 3 is 2.15 bits per heavy atom. The number of alkyl halides is 3. The van der Waals surface area contributed by atoms with Gasteiger partial charge in [-0.25, -0.2) is 0 Å². The molecule has 0 bridgehead atoms. The monoisotopic (exact) mass is 290 g/mol. The summed E-state index contributed by atoms with van der Waals surface area (Å²) in [6, 6.07) is 5.28. The van der Waals surface area contributed by atoms with Crippen LogP contribution in [0.15, 0.2) is 24.3 Å². The van der Waals surface area contributed by atoms with Crippen LogP contribution < -0.4 is 11.1 Å². The van der Waals surface area contributed by atoms with Gasteiger partial charge in [0.25, 0.3) is 0 Å². The van der Waals surface area contributed by atoms with E-state index in [0.717, 1.165) is 0 Å². The zero-order chi connectivity index (χ0) is 15.6. The maximum Gasteiger partial charge on any atom is 0.417 e. The second kappa shape index (κ2) is 5.49. The average molecular weight is 290 g/mol. The molecule has 20 heavy (non-hydrogen) atoms. The lowest BCUT2D eigenvalue weighted by atomic mass is 10.0. The van der Waals surface area contributed by atoms with Gasteiger partial charge in [0.05, 0.1) is 6.42 Å². The molecule has 110 valence electrons. The lowest BCUT2D eigenvalue weighted by Gasteiger charge is -2.25. The van der Waals surface area contributed by atoms with Crippen LogP contribution in [0.2, 0.25) is 0 Å². The Balaban J connectivity index is 2.70. The van der Waals surface area contributed by atoms with Crippen molar-refractivity contribution in [2.75, 3.05) is 5.32 Å². The topological polar surface area (TPSA) is 92.4 Å². The Labute approximate surface area is 112 Å². The van der Waals surface area contributed by atoms with Crippen LogP contribution in [0.1, 0.15) is 23.7 Å². The van der Waals surface area contributed by atoms with E-state index in [-0.39, 0.29) is 11.3 Å². The van der Waals surface area contributed by atoms with Gasteiger partial charge in [0.1, 0.15) is 0 Å². The van der Waals surface area contributed by atoms with E-state index in [4.69, 9.17) is 10.8 Å². The van der Waals surface area contributed by atoms with E-state index in [1.165, 1.54) is 24.3 Å². The highest BCUT2D eigenvalue weighted by atomic mass is 19.4. The largest absolute Gasteiger partial charge is 0.417 e. The number of nitrogens with one attached hydrogen (secondary N) is 1. The van der Waals surface area contributed by atoms with E-state index in [0.29, 0.717) is 6.92 Å². The van der Waals surface area contributed by atoms with Gasteiger partial charge in [0.15, 0.2) is 5.60 Å². The highest BCUT2D eigenvalue weighted by Crippen LogP contribution is 2.32. The summed E-state index contributed by atoms with van der Waals surface area (Å²) < 4.78 is 37.2. The van der Waals surface area contributed by atoms with Crippen molar-refractivity contribution in [1.29, 1.82) is 0 Å². The number of amides is 2. The van der Waals surface area contributed by atoms with Crippen LogP contribution in [0, 0.1) is 0 Å². The molecular weight excluding hydrogens is 277 g/mol. The van der Waals surface area contributed by atoms with Gasteiger partial charge in [-0.2, -0.15) is 13.2 Å². The predicted octanol–water partition coefficient (Wildman–Crippen LogP) is 1.43. The molecule has 0 aliphatic carbocycles. The molecule has 4 N–H and O–H groups in total. The Kier molecular flexibility index (Phi) is 4.39. The van der Waals surface area contributed by atoms with Crippen LogP contribution in [0.3, 0.4) is 0 Å². The van der Waals surface area contributed by atoms with Crippen molar-refractivity contribution in [3.8, 4) is 0 Å². The number of anilines is 1. The maximum atomic E-state index is 12.4. The third-order valence-corrected chi connectivity index (χ3v) is 2.57. The Bertz CT molecular complexity index is 510. The fraction of sp³-hybridized carbons (Fsp3) is 0.333. The molecule has 8 heteroatoms. The zero-order valence-corrected chi connectivity index (χ0v) is 10.5. The minimum atomic E-state index is -4.90. The summed E-state index contributed by atoms with van der Waals surface area (Å²) in [5, 5.41) is 11.4. The molecule has 2 amide bonds. The van der Waals surface area contributed by atoms with Crippen molar-refractivity contribution in [2.45, 2.75) is 25.1 Å². The van der Waals surface area contributed by atoms with Crippen LogP contribution >= 0.6 is 0 Å². The first-order chi connectivity index (χ1) is 9.03. The summed E-state index contributed by atoms with van der Waals surface area (Å²) in [5.41, 5.74) is 2.30. The lowest BCUT2D eigenvalue weighted by Crippen LogP contribution is -2.44. The van der Waals surface area contributed by atoms with Gasteiger partial charge in [-0.3, -0.25) is 9.59 Å². The van der Waals surface area contributed by atoms with Crippen molar-refractivity contribution >= 4 is 17.5 Å². The van der Waals surface area contributed by atoms with Gasteiger partial charge in [-0.1, -0.05) is 0 Å². The maximum absolute atomic E-state index is 12.4. The summed E-state index contributed by atoms with van der Waals surface area (Å²) in [6.45, 7) is 0.517. The van der Waals surface area contributed by atoms with Crippen LogP contribution in [0.4, 0.5) is 18.9 Å². The summed E-state index contributed by atoms with van der Waals surface area (Å²) in [4.78, 5) is 22.2. The third-order valence-electron chi connectivity index (χ3n) is 2.57. The van der Waals surface area contributed by atoms with Gasteiger partial charge in [0.2, 0.25) is 11.8 Å². The van der Waals surface area contributed by atoms with Gasteiger partial charge in [-0.05, 0) is 31.2 Å². The molecule has 1 atom stereocenters. The number of aliphatic hydroxyl groups is 1. The molecule has 0 spiro atoms. The molecule has 1 rings (SSSR count). The Morgan fingerprint density at radius 1 is 1.25 bits per heavy atom.